The highest BCUT2D eigenvalue weighted by Crippen LogP contribution is 2.31. The molecular formula is C12H18N6OS. The fourth-order valence-electron chi connectivity index (χ4n) is 2.50. The van der Waals surface area contributed by atoms with Gasteiger partial charge in [0.1, 0.15) is 5.01 Å². The van der Waals surface area contributed by atoms with Gasteiger partial charge in [0, 0.05) is 33.1 Å². The first-order valence-electron chi connectivity index (χ1n) is 6.71. The monoisotopic (exact) mass is 294 g/mol. The molecule has 0 radical (unpaired) electrons. The Morgan fingerprint density at radius 2 is 2.00 bits per heavy atom. The molecule has 8 heteroatoms. The molecular weight excluding hydrogens is 276 g/mol. The maximum absolute atomic E-state index is 11.9. The highest BCUT2D eigenvalue weighted by atomic mass is 32.1. The van der Waals surface area contributed by atoms with Gasteiger partial charge in [-0.3, -0.25) is 0 Å². The average Bonchev–Trinajstić information content (AvgIpc) is 3.01. The van der Waals surface area contributed by atoms with Crippen LogP contribution in [0, 0.1) is 6.92 Å². The first-order valence-corrected chi connectivity index (χ1v) is 7.53. The van der Waals surface area contributed by atoms with Gasteiger partial charge < -0.3 is 9.80 Å². The quantitative estimate of drug-likeness (QED) is 0.796. The second-order valence-electron chi connectivity index (χ2n) is 5.32. The summed E-state index contributed by atoms with van der Waals surface area (Å²) in [6.45, 7) is 3.49. The predicted octanol–water partition coefficient (Wildman–Crippen LogP) is 1.36. The Kier molecular flexibility index (Phi) is 3.33. The van der Waals surface area contributed by atoms with Crippen LogP contribution in [0.25, 0.3) is 4.96 Å². The van der Waals surface area contributed by atoms with E-state index in [1.807, 2.05) is 11.8 Å². The molecule has 2 aromatic rings. The molecule has 1 aliphatic heterocycles. The summed E-state index contributed by atoms with van der Waals surface area (Å²) < 4.78 is 1.80. The van der Waals surface area contributed by atoms with Crippen molar-refractivity contribution in [3.8, 4) is 0 Å². The number of fused-ring (bicyclic) bond motifs is 1. The number of aryl methyl sites for hydroxylation is 1. The number of hydrogen-bond acceptors (Lipinski definition) is 5. The number of carbonyl (C=O) groups excluding carboxylic acids is 1. The van der Waals surface area contributed by atoms with Crippen molar-refractivity contribution in [1.82, 2.24) is 29.6 Å². The lowest BCUT2D eigenvalue weighted by Gasteiger charge is -2.32. The summed E-state index contributed by atoms with van der Waals surface area (Å²) in [7, 11) is 3.58. The summed E-state index contributed by atoms with van der Waals surface area (Å²) in [5, 5.41) is 13.8. The second kappa shape index (κ2) is 5.01. The van der Waals surface area contributed by atoms with Crippen LogP contribution in [-0.2, 0) is 0 Å². The minimum absolute atomic E-state index is 0.0948. The van der Waals surface area contributed by atoms with Gasteiger partial charge in [0.15, 0.2) is 5.82 Å². The lowest BCUT2D eigenvalue weighted by molar-refractivity contribution is 0.156. The zero-order chi connectivity index (χ0) is 14.3. The Bertz CT molecular complexity index is 625. The van der Waals surface area contributed by atoms with Crippen LogP contribution in [0.2, 0.25) is 0 Å². The van der Waals surface area contributed by atoms with Gasteiger partial charge >= 0.3 is 6.03 Å². The van der Waals surface area contributed by atoms with Crippen LogP contribution in [-0.4, -0.2) is 62.8 Å². The standard InChI is InChI=1S/C12H18N6OS/c1-8-13-14-11-18(8)15-10(20-11)9-4-6-17(7-5-9)12(19)16(2)3/h9H,4-7H2,1-3H3. The number of carbonyl (C=O) groups is 1. The largest absolute Gasteiger partial charge is 0.331 e. The van der Waals surface area contributed by atoms with E-state index in [2.05, 4.69) is 15.3 Å². The van der Waals surface area contributed by atoms with E-state index in [1.165, 1.54) is 0 Å². The number of rotatable bonds is 1. The number of amides is 2. The van der Waals surface area contributed by atoms with Crippen molar-refractivity contribution in [2.45, 2.75) is 25.7 Å². The van der Waals surface area contributed by atoms with E-state index in [0.29, 0.717) is 5.92 Å². The lowest BCUT2D eigenvalue weighted by atomic mass is 9.98. The van der Waals surface area contributed by atoms with Crippen molar-refractivity contribution in [3.05, 3.63) is 10.8 Å². The van der Waals surface area contributed by atoms with Crippen LogP contribution < -0.4 is 0 Å². The third kappa shape index (κ3) is 2.24. The van der Waals surface area contributed by atoms with Gasteiger partial charge in [0.05, 0.1) is 0 Å². The molecule has 7 nitrogen and oxygen atoms in total. The fraction of sp³-hybridized carbons (Fsp3) is 0.667. The fourth-order valence-corrected chi connectivity index (χ4v) is 3.55. The molecule has 108 valence electrons. The Labute approximate surface area is 121 Å². The molecule has 0 N–H and O–H groups in total. The van der Waals surface area contributed by atoms with Gasteiger partial charge in [-0.05, 0) is 19.8 Å². The van der Waals surface area contributed by atoms with E-state index in [0.717, 1.165) is 41.7 Å². The van der Waals surface area contributed by atoms with E-state index < -0.39 is 0 Å². The number of nitrogens with zero attached hydrogens (tertiary/aromatic N) is 6. The topological polar surface area (TPSA) is 66.6 Å². The highest BCUT2D eigenvalue weighted by molar-refractivity contribution is 7.16. The van der Waals surface area contributed by atoms with Crippen LogP contribution in [0.1, 0.15) is 29.6 Å². The van der Waals surface area contributed by atoms with Crippen LogP contribution in [0.5, 0.6) is 0 Å². The molecule has 0 spiro atoms. The number of aromatic nitrogens is 4. The molecule has 0 aromatic carbocycles. The van der Waals surface area contributed by atoms with Crippen LogP contribution >= 0.6 is 11.3 Å². The molecule has 0 aliphatic carbocycles. The molecule has 20 heavy (non-hydrogen) atoms. The number of likely N-dealkylation sites (tertiary alicyclic amines) is 1. The van der Waals surface area contributed by atoms with E-state index in [1.54, 1.807) is 34.8 Å². The third-order valence-electron chi connectivity index (χ3n) is 3.66. The van der Waals surface area contributed by atoms with Crippen LogP contribution in [0.3, 0.4) is 0 Å². The van der Waals surface area contributed by atoms with Crippen LogP contribution in [0.15, 0.2) is 0 Å². The van der Waals surface area contributed by atoms with Crippen molar-refractivity contribution < 1.29 is 4.79 Å². The molecule has 0 saturated carbocycles. The maximum Gasteiger partial charge on any atom is 0.319 e. The summed E-state index contributed by atoms with van der Waals surface area (Å²) in [6, 6.07) is 0.0948. The van der Waals surface area contributed by atoms with Crippen molar-refractivity contribution in [2.24, 2.45) is 0 Å². The molecule has 2 amide bonds. The van der Waals surface area contributed by atoms with E-state index in [-0.39, 0.29) is 6.03 Å². The molecule has 3 heterocycles. The first-order chi connectivity index (χ1) is 9.56. The Morgan fingerprint density at radius 3 is 2.60 bits per heavy atom. The highest BCUT2D eigenvalue weighted by Gasteiger charge is 2.27. The number of piperidine rings is 1. The molecule has 0 unspecified atom stereocenters. The number of urea groups is 1. The van der Waals surface area contributed by atoms with E-state index in [9.17, 15) is 4.79 Å². The number of hydrogen-bond donors (Lipinski definition) is 0. The Morgan fingerprint density at radius 1 is 1.30 bits per heavy atom. The minimum atomic E-state index is 0.0948. The zero-order valence-electron chi connectivity index (χ0n) is 11.9. The van der Waals surface area contributed by atoms with E-state index in [4.69, 9.17) is 0 Å². The lowest BCUT2D eigenvalue weighted by Crippen LogP contribution is -2.43. The first kappa shape index (κ1) is 13.3. The van der Waals surface area contributed by atoms with Gasteiger partial charge in [0.25, 0.3) is 0 Å². The van der Waals surface area contributed by atoms with Crippen molar-refractivity contribution in [2.75, 3.05) is 27.2 Å². The SMILES string of the molecule is Cc1nnc2sc(C3CCN(C(=O)N(C)C)CC3)nn12. The van der Waals surface area contributed by atoms with Gasteiger partial charge in [-0.25, -0.2) is 4.79 Å². The Hall–Kier alpha value is -1.70. The maximum atomic E-state index is 11.9. The summed E-state index contributed by atoms with van der Waals surface area (Å²) in [6.07, 6.45) is 1.92. The minimum Gasteiger partial charge on any atom is -0.331 e. The van der Waals surface area contributed by atoms with Crippen LogP contribution in [0.4, 0.5) is 4.79 Å². The molecule has 0 atom stereocenters. The van der Waals surface area contributed by atoms with Crippen molar-refractivity contribution in [1.29, 1.82) is 0 Å². The molecule has 2 aromatic heterocycles. The predicted molar refractivity (Wildman–Crippen MR) is 76.0 cm³/mol. The molecule has 0 bridgehead atoms. The van der Waals surface area contributed by atoms with Gasteiger partial charge in [-0.15, -0.1) is 10.2 Å². The summed E-state index contributed by atoms with van der Waals surface area (Å²) in [5.41, 5.74) is 0. The summed E-state index contributed by atoms with van der Waals surface area (Å²) in [5.74, 6) is 1.25. The molecule has 3 rings (SSSR count). The second-order valence-corrected chi connectivity index (χ2v) is 6.31. The van der Waals surface area contributed by atoms with Crippen molar-refractivity contribution >= 4 is 22.3 Å². The smallest absolute Gasteiger partial charge is 0.319 e. The molecule has 1 aliphatic rings. The van der Waals surface area contributed by atoms with Gasteiger partial charge in [0.2, 0.25) is 4.96 Å². The van der Waals surface area contributed by atoms with Gasteiger partial charge in [-0.2, -0.15) is 9.61 Å². The summed E-state index contributed by atoms with van der Waals surface area (Å²) >= 11 is 1.60. The van der Waals surface area contributed by atoms with Crippen molar-refractivity contribution in [3.63, 3.8) is 0 Å². The normalized spacial score (nSPS) is 16.9. The van der Waals surface area contributed by atoms with Gasteiger partial charge in [-0.1, -0.05) is 11.3 Å². The zero-order valence-corrected chi connectivity index (χ0v) is 12.7. The average molecular weight is 294 g/mol. The third-order valence-corrected chi connectivity index (χ3v) is 4.72. The molecule has 1 fully saturated rings. The summed E-state index contributed by atoms with van der Waals surface area (Å²) in [4.78, 5) is 16.3. The molecule has 1 saturated heterocycles. The Balaban J connectivity index is 1.70. The van der Waals surface area contributed by atoms with E-state index >= 15 is 0 Å².